The molecule has 16 heavy (non-hydrogen) atoms. The molecule has 0 fully saturated rings. The van der Waals surface area contributed by atoms with Gasteiger partial charge in [0.1, 0.15) is 11.2 Å². The van der Waals surface area contributed by atoms with E-state index < -0.39 is 39.2 Å². The van der Waals surface area contributed by atoms with Crippen molar-refractivity contribution >= 4 is 22.0 Å². The van der Waals surface area contributed by atoms with Crippen molar-refractivity contribution in [1.82, 2.24) is 0 Å². The number of aliphatic imine (C=N–C) groups is 1. The highest BCUT2D eigenvalue weighted by Crippen LogP contribution is 2.38. The Bertz CT molecular complexity index is 427. The summed E-state index contributed by atoms with van der Waals surface area (Å²) in [6.45, 7) is 0. The van der Waals surface area contributed by atoms with E-state index in [0.717, 1.165) is 0 Å². The number of aliphatic carboxylic acids is 1. The third-order valence-corrected chi connectivity index (χ3v) is 3.62. The second kappa shape index (κ2) is 3.72. The molecule has 1 aliphatic heterocycles. The predicted octanol–water partition coefficient (Wildman–Crippen LogP) is 0.116. The van der Waals surface area contributed by atoms with E-state index in [4.69, 9.17) is 5.11 Å². The molecule has 0 aliphatic carbocycles. The van der Waals surface area contributed by atoms with Crippen LogP contribution in [0.1, 0.15) is 0 Å². The van der Waals surface area contributed by atoms with Gasteiger partial charge in [0.25, 0.3) is 0 Å². The SMILES string of the molecule is CS(=O)(=O)C1C=NC(C(=O)O)C1C(F)(F)F. The average Bonchev–Trinajstić information content (AvgIpc) is 2.43. The summed E-state index contributed by atoms with van der Waals surface area (Å²) in [7, 11) is -4.03. The van der Waals surface area contributed by atoms with Crippen LogP contribution in [0.25, 0.3) is 0 Å². The molecule has 9 heteroatoms. The first-order valence-electron chi connectivity index (χ1n) is 4.07. The van der Waals surface area contributed by atoms with E-state index in [1.165, 1.54) is 0 Å². The fraction of sp³-hybridized carbons (Fsp3) is 0.714. The van der Waals surface area contributed by atoms with Gasteiger partial charge in [-0.05, 0) is 0 Å². The highest BCUT2D eigenvalue weighted by Gasteiger charge is 2.57. The Morgan fingerprint density at radius 2 is 1.94 bits per heavy atom. The van der Waals surface area contributed by atoms with Crippen LogP contribution in [0.3, 0.4) is 0 Å². The van der Waals surface area contributed by atoms with Crippen LogP contribution in [0.4, 0.5) is 13.2 Å². The summed E-state index contributed by atoms with van der Waals surface area (Å²) in [5.74, 6) is -4.30. The molecular formula is C7H8F3NO4S. The molecule has 1 rings (SSSR count). The zero-order valence-corrected chi connectivity index (χ0v) is 8.79. The monoisotopic (exact) mass is 259 g/mol. The van der Waals surface area contributed by atoms with E-state index in [-0.39, 0.29) is 0 Å². The minimum absolute atomic E-state index is 0.548. The molecule has 0 aromatic heterocycles. The van der Waals surface area contributed by atoms with E-state index in [0.29, 0.717) is 12.5 Å². The van der Waals surface area contributed by atoms with Crippen molar-refractivity contribution in [3.63, 3.8) is 0 Å². The third-order valence-electron chi connectivity index (χ3n) is 2.21. The number of nitrogens with zero attached hydrogens (tertiary/aromatic N) is 1. The number of sulfone groups is 1. The molecule has 0 aromatic rings. The van der Waals surface area contributed by atoms with Crippen LogP contribution < -0.4 is 0 Å². The third kappa shape index (κ3) is 2.34. The number of carbonyl (C=O) groups is 1. The van der Waals surface area contributed by atoms with Gasteiger partial charge in [0, 0.05) is 12.5 Å². The Morgan fingerprint density at radius 1 is 1.44 bits per heavy atom. The first-order chi connectivity index (χ1) is 7.05. The first-order valence-corrected chi connectivity index (χ1v) is 6.02. The molecule has 0 saturated heterocycles. The molecule has 0 bridgehead atoms. The van der Waals surface area contributed by atoms with Gasteiger partial charge in [-0.25, -0.2) is 13.2 Å². The number of rotatable bonds is 2. The molecule has 1 aliphatic rings. The van der Waals surface area contributed by atoms with Gasteiger partial charge in [-0.15, -0.1) is 0 Å². The lowest BCUT2D eigenvalue weighted by Gasteiger charge is -2.22. The van der Waals surface area contributed by atoms with Crippen molar-refractivity contribution in [2.24, 2.45) is 10.9 Å². The maximum atomic E-state index is 12.5. The smallest absolute Gasteiger partial charge is 0.396 e. The van der Waals surface area contributed by atoms with Crippen molar-refractivity contribution in [2.45, 2.75) is 17.5 Å². The van der Waals surface area contributed by atoms with E-state index >= 15 is 0 Å². The second-order valence-electron chi connectivity index (χ2n) is 3.44. The van der Waals surface area contributed by atoms with Gasteiger partial charge in [-0.2, -0.15) is 13.2 Å². The Morgan fingerprint density at radius 3 is 2.25 bits per heavy atom. The van der Waals surface area contributed by atoms with E-state index in [1.54, 1.807) is 0 Å². The average molecular weight is 259 g/mol. The number of alkyl halides is 3. The van der Waals surface area contributed by atoms with E-state index in [2.05, 4.69) is 4.99 Å². The van der Waals surface area contributed by atoms with Gasteiger partial charge >= 0.3 is 12.1 Å². The molecule has 0 saturated carbocycles. The van der Waals surface area contributed by atoms with E-state index in [1.807, 2.05) is 0 Å². The number of hydrogen-bond donors (Lipinski definition) is 1. The zero-order valence-electron chi connectivity index (χ0n) is 7.97. The van der Waals surface area contributed by atoms with Crippen LogP contribution in [0.2, 0.25) is 0 Å². The summed E-state index contributed by atoms with van der Waals surface area (Å²) in [6, 6.07) is -2.08. The summed E-state index contributed by atoms with van der Waals surface area (Å²) >= 11 is 0. The number of carboxylic acid groups (broad SMARTS) is 1. The number of halogens is 3. The van der Waals surface area contributed by atoms with Gasteiger partial charge < -0.3 is 5.11 Å². The highest BCUT2D eigenvalue weighted by atomic mass is 32.2. The quantitative estimate of drug-likeness (QED) is 0.763. The van der Waals surface area contributed by atoms with Gasteiger partial charge in [0.05, 0.1) is 0 Å². The van der Waals surface area contributed by atoms with Crippen molar-refractivity contribution in [2.75, 3.05) is 6.26 Å². The number of hydrogen-bond acceptors (Lipinski definition) is 4. The fourth-order valence-electron chi connectivity index (χ4n) is 1.50. The minimum atomic E-state index is -4.92. The van der Waals surface area contributed by atoms with Crippen molar-refractivity contribution < 1.29 is 31.5 Å². The van der Waals surface area contributed by atoms with Crippen molar-refractivity contribution in [3.05, 3.63) is 0 Å². The lowest BCUT2D eigenvalue weighted by atomic mass is 9.99. The van der Waals surface area contributed by atoms with Crippen LogP contribution in [-0.2, 0) is 14.6 Å². The van der Waals surface area contributed by atoms with Gasteiger partial charge in [0.15, 0.2) is 15.9 Å². The molecular weight excluding hydrogens is 251 g/mol. The molecule has 5 nitrogen and oxygen atoms in total. The largest absolute Gasteiger partial charge is 0.480 e. The summed E-state index contributed by atoms with van der Waals surface area (Å²) in [6.07, 6.45) is -3.76. The molecule has 3 unspecified atom stereocenters. The molecule has 1 heterocycles. The summed E-state index contributed by atoms with van der Waals surface area (Å²) in [5.41, 5.74) is 0. The van der Waals surface area contributed by atoms with Crippen molar-refractivity contribution in [3.8, 4) is 0 Å². The van der Waals surface area contributed by atoms with Gasteiger partial charge in [0.2, 0.25) is 0 Å². The Kier molecular flexibility index (Phi) is 3.01. The lowest BCUT2D eigenvalue weighted by molar-refractivity contribution is -0.182. The standard InChI is InChI=1S/C7H8F3NO4S/c1-16(14,15)3-2-11-5(6(12)13)4(3)7(8,9)10/h2-5H,1H3,(H,12,13). The second-order valence-corrected chi connectivity index (χ2v) is 5.65. The number of carboxylic acids is 1. The molecule has 92 valence electrons. The maximum absolute atomic E-state index is 12.5. The molecule has 0 aromatic carbocycles. The Balaban J connectivity index is 3.18. The maximum Gasteiger partial charge on any atom is 0.396 e. The van der Waals surface area contributed by atoms with Crippen LogP contribution in [0.15, 0.2) is 4.99 Å². The lowest BCUT2D eigenvalue weighted by Crippen LogP contribution is -2.44. The predicted molar refractivity (Wildman–Crippen MR) is 48.1 cm³/mol. The molecule has 3 atom stereocenters. The van der Waals surface area contributed by atoms with Crippen LogP contribution in [0.5, 0.6) is 0 Å². The van der Waals surface area contributed by atoms with Crippen molar-refractivity contribution in [1.29, 1.82) is 0 Å². The van der Waals surface area contributed by atoms with Crippen LogP contribution >= 0.6 is 0 Å². The van der Waals surface area contributed by atoms with Crippen LogP contribution in [-0.4, -0.2) is 49.4 Å². The first kappa shape index (κ1) is 12.9. The van der Waals surface area contributed by atoms with Crippen LogP contribution in [0, 0.1) is 5.92 Å². The molecule has 0 amide bonds. The Hall–Kier alpha value is -1.12. The topological polar surface area (TPSA) is 83.8 Å². The Labute approximate surface area is 88.9 Å². The van der Waals surface area contributed by atoms with Gasteiger partial charge in [-0.1, -0.05) is 0 Å². The molecule has 1 N–H and O–H groups in total. The summed E-state index contributed by atoms with van der Waals surface area (Å²) < 4.78 is 59.8. The summed E-state index contributed by atoms with van der Waals surface area (Å²) in [4.78, 5) is 13.6. The summed E-state index contributed by atoms with van der Waals surface area (Å²) in [5, 5.41) is 6.60. The highest BCUT2D eigenvalue weighted by molar-refractivity contribution is 7.92. The molecule has 0 radical (unpaired) electrons. The molecule has 0 spiro atoms. The van der Waals surface area contributed by atoms with E-state index in [9.17, 15) is 26.4 Å². The normalized spacial score (nSPS) is 30.6. The zero-order chi connectivity index (χ0) is 12.7. The van der Waals surface area contributed by atoms with Gasteiger partial charge in [-0.3, -0.25) is 4.99 Å². The minimum Gasteiger partial charge on any atom is -0.480 e. The fourth-order valence-corrected chi connectivity index (χ4v) is 2.63.